The van der Waals surface area contributed by atoms with Gasteiger partial charge in [0.1, 0.15) is 11.6 Å². The second kappa shape index (κ2) is 4.75. The standard InChI is InChI=1S/C10H12FNO3/c1-12(15-3)10(13)8-5-4-7(14-2)6-9(8)11/h4-6H,1-3H3. The lowest BCUT2D eigenvalue weighted by Crippen LogP contribution is -2.26. The Balaban J connectivity index is 3.00. The molecular formula is C10H12FNO3. The predicted molar refractivity (Wildman–Crippen MR) is 52.1 cm³/mol. The van der Waals surface area contributed by atoms with E-state index in [4.69, 9.17) is 4.74 Å². The molecule has 0 spiro atoms. The minimum atomic E-state index is -0.636. The van der Waals surface area contributed by atoms with E-state index in [0.717, 1.165) is 11.1 Å². The summed E-state index contributed by atoms with van der Waals surface area (Å²) in [6.07, 6.45) is 0. The maximum Gasteiger partial charge on any atom is 0.280 e. The van der Waals surface area contributed by atoms with E-state index >= 15 is 0 Å². The molecule has 0 N–H and O–H groups in total. The Morgan fingerprint density at radius 3 is 2.53 bits per heavy atom. The zero-order valence-electron chi connectivity index (χ0n) is 8.78. The topological polar surface area (TPSA) is 38.8 Å². The van der Waals surface area contributed by atoms with Gasteiger partial charge in [-0.05, 0) is 12.1 Å². The Hall–Kier alpha value is -1.62. The summed E-state index contributed by atoms with van der Waals surface area (Å²) in [5.41, 5.74) is -0.0554. The van der Waals surface area contributed by atoms with Gasteiger partial charge in [0, 0.05) is 13.1 Å². The second-order valence-electron chi connectivity index (χ2n) is 2.83. The molecule has 1 aromatic carbocycles. The molecule has 1 amide bonds. The summed E-state index contributed by atoms with van der Waals surface area (Å²) >= 11 is 0. The number of hydrogen-bond donors (Lipinski definition) is 0. The fraction of sp³-hybridized carbons (Fsp3) is 0.300. The first-order chi connectivity index (χ1) is 7.10. The third-order valence-electron chi connectivity index (χ3n) is 1.97. The maximum absolute atomic E-state index is 13.4. The van der Waals surface area contributed by atoms with Gasteiger partial charge in [-0.25, -0.2) is 9.45 Å². The smallest absolute Gasteiger partial charge is 0.280 e. The molecule has 4 nitrogen and oxygen atoms in total. The lowest BCUT2D eigenvalue weighted by Gasteiger charge is -2.14. The average molecular weight is 213 g/mol. The number of ether oxygens (including phenoxy) is 1. The maximum atomic E-state index is 13.4. The highest BCUT2D eigenvalue weighted by Crippen LogP contribution is 2.17. The lowest BCUT2D eigenvalue weighted by atomic mass is 10.2. The van der Waals surface area contributed by atoms with Crippen LogP contribution in [0.4, 0.5) is 4.39 Å². The van der Waals surface area contributed by atoms with Crippen LogP contribution in [-0.4, -0.2) is 32.2 Å². The van der Waals surface area contributed by atoms with Gasteiger partial charge in [-0.15, -0.1) is 0 Å². The molecule has 0 aromatic heterocycles. The van der Waals surface area contributed by atoms with Crippen LogP contribution in [0.1, 0.15) is 10.4 Å². The molecule has 0 aliphatic heterocycles. The summed E-state index contributed by atoms with van der Waals surface area (Å²) < 4.78 is 18.2. The Labute approximate surface area is 87.2 Å². The predicted octanol–water partition coefficient (Wildman–Crippen LogP) is 1.47. The van der Waals surface area contributed by atoms with Gasteiger partial charge in [-0.1, -0.05) is 0 Å². The third kappa shape index (κ3) is 2.44. The van der Waals surface area contributed by atoms with Crippen LogP contribution in [0.2, 0.25) is 0 Å². The number of carbonyl (C=O) groups excluding carboxylic acids is 1. The van der Waals surface area contributed by atoms with Crippen molar-refractivity contribution in [2.75, 3.05) is 21.3 Å². The molecule has 1 rings (SSSR count). The first-order valence-electron chi connectivity index (χ1n) is 4.26. The highest BCUT2D eigenvalue weighted by atomic mass is 19.1. The van der Waals surface area contributed by atoms with Crippen molar-refractivity contribution in [3.8, 4) is 5.75 Å². The van der Waals surface area contributed by atoms with Crippen LogP contribution < -0.4 is 4.74 Å². The Morgan fingerprint density at radius 1 is 1.40 bits per heavy atom. The molecule has 0 saturated heterocycles. The van der Waals surface area contributed by atoms with Crippen LogP contribution in [0, 0.1) is 5.82 Å². The van der Waals surface area contributed by atoms with Crippen molar-refractivity contribution in [2.24, 2.45) is 0 Å². The van der Waals surface area contributed by atoms with Crippen LogP contribution >= 0.6 is 0 Å². The quantitative estimate of drug-likeness (QED) is 0.713. The van der Waals surface area contributed by atoms with E-state index in [1.165, 1.54) is 33.4 Å². The molecule has 1 aromatic rings. The van der Waals surface area contributed by atoms with E-state index in [1.54, 1.807) is 0 Å². The van der Waals surface area contributed by atoms with Crippen LogP contribution in [0.5, 0.6) is 5.75 Å². The first-order valence-corrected chi connectivity index (χ1v) is 4.26. The van der Waals surface area contributed by atoms with Crippen molar-refractivity contribution >= 4 is 5.91 Å². The number of hydrogen-bond acceptors (Lipinski definition) is 3. The summed E-state index contributed by atoms with van der Waals surface area (Å²) in [5, 5.41) is 0.949. The summed E-state index contributed by atoms with van der Waals surface area (Å²) in [4.78, 5) is 16.2. The second-order valence-corrected chi connectivity index (χ2v) is 2.83. The molecule has 5 heteroatoms. The van der Waals surface area contributed by atoms with E-state index in [0.29, 0.717) is 5.75 Å². The number of carbonyl (C=O) groups is 1. The Kier molecular flexibility index (Phi) is 3.62. The molecule has 82 valence electrons. The zero-order valence-corrected chi connectivity index (χ0v) is 8.78. The summed E-state index contributed by atoms with van der Waals surface area (Å²) in [7, 11) is 4.17. The van der Waals surface area contributed by atoms with E-state index < -0.39 is 11.7 Å². The van der Waals surface area contributed by atoms with E-state index in [-0.39, 0.29) is 5.56 Å². The molecule has 0 radical (unpaired) electrons. The van der Waals surface area contributed by atoms with E-state index in [1.807, 2.05) is 0 Å². The average Bonchev–Trinajstić information content (AvgIpc) is 2.26. The third-order valence-corrected chi connectivity index (χ3v) is 1.97. The summed E-state index contributed by atoms with van der Waals surface area (Å²) in [6.45, 7) is 0. The Bertz CT molecular complexity index is 368. The normalized spacial score (nSPS) is 9.87. The molecule has 0 bridgehead atoms. The summed E-state index contributed by atoms with van der Waals surface area (Å²) in [6, 6.07) is 4.02. The molecule has 15 heavy (non-hydrogen) atoms. The van der Waals surface area contributed by atoms with Crippen LogP contribution in [0.25, 0.3) is 0 Å². The number of amides is 1. The van der Waals surface area contributed by atoms with Gasteiger partial charge in [-0.3, -0.25) is 9.63 Å². The van der Waals surface area contributed by atoms with Crippen molar-refractivity contribution in [1.29, 1.82) is 0 Å². The van der Waals surface area contributed by atoms with Crippen molar-refractivity contribution in [2.45, 2.75) is 0 Å². The number of nitrogens with zero attached hydrogens (tertiary/aromatic N) is 1. The number of methoxy groups -OCH3 is 1. The molecule has 0 unspecified atom stereocenters. The minimum Gasteiger partial charge on any atom is -0.497 e. The number of hydroxylamine groups is 2. The molecule has 0 saturated carbocycles. The molecule has 0 fully saturated rings. The number of benzene rings is 1. The van der Waals surface area contributed by atoms with Crippen molar-refractivity contribution < 1.29 is 18.8 Å². The van der Waals surface area contributed by atoms with Gasteiger partial charge in [-0.2, -0.15) is 0 Å². The molecule has 0 aliphatic carbocycles. The molecule has 0 atom stereocenters. The lowest BCUT2D eigenvalue weighted by molar-refractivity contribution is -0.0759. The van der Waals surface area contributed by atoms with Crippen LogP contribution in [0.15, 0.2) is 18.2 Å². The zero-order chi connectivity index (χ0) is 11.4. The van der Waals surface area contributed by atoms with E-state index in [2.05, 4.69) is 4.84 Å². The van der Waals surface area contributed by atoms with Crippen LogP contribution in [-0.2, 0) is 4.84 Å². The van der Waals surface area contributed by atoms with Gasteiger partial charge < -0.3 is 4.74 Å². The first kappa shape index (κ1) is 11.5. The molecule has 0 heterocycles. The fourth-order valence-electron chi connectivity index (χ4n) is 1.05. The largest absolute Gasteiger partial charge is 0.497 e. The van der Waals surface area contributed by atoms with Gasteiger partial charge in [0.05, 0.1) is 19.8 Å². The highest BCUT2D eigenvalue weighted by molar-refractivity contribution is 5.93. The fourth-order valence-corrected chi connectivity index (χ4v) is 1.05. The van der Waals surface area contributed by atoms with Crippen LogP contribution in [0.3, 0.4) is 0 Å². The number of halogens is 1. The van der Waals surface area contributed by atoms with Gasteiger partial charge in [0.2, 0.25) is 0 Å². The van der Waals surface area contributed by atoms with Gasteiger partial charge in [0.15, 0.2) is 0 Å². The van der Waals surface area contributed by atoms with Gasteiger partial charge >= 0.3 is 0 Å². The highest BCUT2D eigenvalue weighted by Gasteiger charge is 2.16. The number of rotatable bonds is 3. The van der Waals surface area contributed by atoms with Crippen molar-refractivity contribution in [1.82, 2.24) is 5.06 Å². The van der Waals surface area contributed by atoms with Crippen molar-refractivity contribution in [3.05, 3.63) is 29.6 Å². The van der Waals surface area contributed by atoms with E-state index in [9.17, 15) is 9.18 Å². The minimum absolute atomic E-state index is 0.0554. The molecular weight excluding hydrogens is 201 g/mol. The van der Waals surface area contributed by atoms with Crippen molar-refractivity contribution in [3.63, 3.8) is 0 Å². The molecule has 0 aliphatic rings. The summed E-state index contributed by atoms with van der Waals surface area (Å²) in [5.74, 6) is -0.815. The SMILES string of the molecule is COc1ccc(C(=O)N(C)OC)c(F)c1. The van der Waals surface area contributed by atoms with Gasteiger partial charge in [0.25, 0.3) is 5.91 Å². The monoisotopic (exact) mass is 213 g/mol. The Morgan fingerprint density at radius 2 is 2.07 bits per heavy atom.